The Hall–Kier alpha value is -2.00. The first-order chi connectivity index (χ1) is 12.4. The van der Waals surface area contributed by atoms with Crippen LogP contribution in [0.3, 0.4) is 0 Å². The SMILES string of the molecule is O=C(c1ccc(Cl)cc1)N1CCC2(COc3ccncc3[S+](=O)([O-])N2)C1. The molecule has 2 aromatic rings. The summed E-state index contributed by atoms with van der Waals surface area (Å²) in [5.41, 5.74) is -0.351. The number of carbonyl (C=O) groups excluding carboxylic acids is 1. The molecule has 0 bridgehead atoms. The van der Waals surface area contributed by atoms with Gasteiger partial charge >= 0.3 is 0 Å². The number of halogens is 1. The highest BCUT2D eigenvalue weighted by Crippen LogP contribution is 2.34. The largest absolute Gasteiger partial charge is 0.593 e. The molecule has 0 radical (unpaired) electrons. The molecule has 4 rings (SSSR count). The van der Waals surface area contributed by atoms with Gasteiger partial charge in [0.15, 0.2) is 16.1 Å². The minimum absolute atomic E-state index is 0.0133. The van der Waals surface area contributed by atoms with Gasteiger partial charge in [0.1, 0.15) is 12.1 Å². The molecule has 26 heavy (non-hydrogen) atoms. The number of nitrogens with one attached hydrogen (secondary N) is 1. The molecule has 2 aliphatic rings. The molecule has 1 aromatic heterocycles. The minimum Gasteiger partial charge on any atom is -0.593 e. The number of likely N-dealkylation sites (tertiary alicyclic amines) is 1. The first-order valence-electron chi connectivity index (χ1n) is 8.04. The Labute approximate surface area is 156 Å². The number of pyridine rings is 1. The summed E-state index contributed by atoms with van der Waals surface area (Å²) in [6, 6.07) is 8.15. The normalized spacial score (nSPS) is 27.7. The standard InChI is InChI=1S/C17H16ClN3O4S/c18-13-3-1-12(2-4-13)16(22)21-8-6-17(10-21)11-25-14-5-7-19-9-15(14)26(23,24)20-17/h1-5,7,9H,6,8,10-11H2,(H-,20,23,24). The Bertz CT molecular complexity index is 907. The van der Waals surface area contributed by atoms with E-state index in [1.807, 2.05) is 0 Å². The molecule has 9 heteroatoms. The Morgan fingerprint density at radius 2 is 2.12 bits per heavy atom. The summed E-state index contributed by atoms with van der Waals surface area (Å²) in [6.45, 7) is 0.810. The third-order valence-electron chi connectivity index (χ3n) is 4.62. The maximum Gasteiger partial charge on any atom is 0.253 e. The highest BCUT2D eigenvalue weighted by atomic mass is 35.5. The van der Waals surface area contributed by atoms with Crippen LogP contribution in [0.25, 0.3) is 0 Å². The Morgan fingerprint density at radius 1 is 1.35 bits per heavy atom. The number of amides is 1. The van der Waals surface area contributed by atoms with E-state index < -0.39 is 15.9 Å². The zero-order chi connectivity index (χ0) is 18.4. The van der Waals surface area contributed by atoms with Crippen molar-refractivity contribution in [2.24, 2.45) is 0 Å². The predicted molar refractivity (Wildman–Crippen MR) is 94.7 cm³/mol. The lowest BCUT2D eigenvalue weighted by atomic mass is 10.0. The monoisotopic (exact) mass is 393 g/mol. The van der Waals surface area contributed by atoms with Gasteiger partial charge in [0.05, 0.1) is 6.20 Å². The molecule has 136 valence electrons. The van der Waals surface area contributed by atoms with Crippen molar-refractivity contribution in [3.8, 4) is 5.75 Å². The van der Waals surface area contributed by atoms with Crippen LogP contribution in [-0.2, 0) is 14.6 Å². The molecule has 0 aliphatic carbocycles. The van der Waals surface area contributed by atoms with Crippen molar-refractivity contribution in [2.75, 3.05) is 19.7 Å². The van der Waals surface area contributed by atoms with Gasteiger partial charge in [-0.3, -0.25) is 9.78 Å². The van der Waals surface area contributed by atoms with Crippen LogP contribution in [-0.4, -0.2) is 45.6 Å². The number of nitrogens with zero attached hydrogens (tertiary/aromatic N) is 2. The summed E-state index contributed by atoms with van der Waals surface area (Å²) >= 11 is 5.86. The van der Waals surface area contributed by atoms with Crippen molar-refractivity contribution < 1.29 is 18.3 Å². The van der Waals surface area contributed by atoms with E-state index >= 15 is 0 Å². The number of fused-ring (bicyclic) bond motifs is 1. The molecule has 2 atom stereocenters. The van der Waals surface area contributed by atoms with E-state index in [-0.39, 0.29) is 29.7 Å². The number of hydrogen-bond acceptors (Lipinski definition) is 5. The average molecular weight is 394 g/mol. The molecule has 1 N–H and O–H groups in total. The fourth-order valence-electron chi connectivity index (χ4n) is 3.30. The molecule has 0 saturated carbocycles. The number of hydrogen-bond donors (Lipinski definition) is 1. The average Bonchev–Trinajstić information content (AvgIpc) is 2.99. The summed E-state index contributed by atoms with van der Waals surface area (Å²) < 4.78 is 33.8. The van der Waals surface area contributed by atoms with Crippen LogP contribution in [0.15, 0.2) is 47.6 Å². The molecule has 2 aliphatic heterocycles. The Balaban J connectivity index is 1.57. The van der Waals surface area contributed by atoms with Crippen LogP contribution in [0, 0.1) is 0 Å². The van der Waals surface area contributed by atoms with Crippen molar-refractivity contribution >= 4 is 27.9 Å². The minimum atomic E-state index is -3.78. The van der Waals surface area contributed by atoms with Gasteiger partial charge in [-0.25, -0.2) is 0 Å². The van der Waals surface area contributed by atoms with Crippen molar-refractivity contribution in [3.63, 3.8) is 0 Å². The number of ether oxygens (including phenoxy) is 1. The van der Waals surface area contributed by atoms with Crippen LogP contribution < -0.4 is 9.46 Å². The summed E-state index contributed by atoms with van der Waals surface area (Å²) in [5.74, 6) is 0.105. The second kappa shape index (κ2) is 6.31. The second-order valence-corrected chi connectivity index (χ2v) is 8.57. The predicted octanol–water partition coefficient (Wildman–Crippen LogP) is 1.91. The second-order valence-electron chi connectivity index (χ2n) is 6.48. The number of rotatable bonds is 1. The lowest BCUT2D eigenvalue weighted by Crippen LogP contribution is -2.55. The van der Waals surface area contributed by atoms with E-state index in [1.54, 1.807) is 29.2 Å². The maximum atomic E-state index is 12.7. The van der Waals surface area contributed by atoms with Crippen LogP contribution in [0.1, 0.15) is 16.8 Å². The maximum absolute atomic E-state index is 12.7. The third kappa shape index (κ3) is 3.09. The molecular weight excluding hydrogens is 378 g/mol. The van der Waals surface area contributed by atoms with Gasteiger partial charge in [0, 0.05) is 35.9 Å². The van der Waals surface area contributed by atoms with Gasteiger partial charge in [0.2, 0.25) is 4.90 Å². The third-order valence-corrected chi connectivity index (χ3v) is 6.46. The topological polar surface area (TPSA) is 94.6 Å². The molecule has 1 saturated heterocycles. The van der Waals surface area contributed by atoms with Crippen molar-refractivity contribution in [3.05, 3.63) is 53.3 Å². The lowest BCUT2D eigenvalue weighted by Gasteiger charge is -2.28. The smallest absolute Gasteiger partial charge is 0.253 e. The van der Waals surface area contributed by atoms with Crippen molar-refractivity contribution in [2.45, 2.75) is 16.9 Å². The molecule has 1 amide bonds. The van der Waals surface area contributed by atoms with Gasteiger partial charge in [-0.1, -0.05) is 15.8 Å². The summed E-state index contributed by atoms with van der Waals surface area (Å²) in [5, 5.41) is 0.552. The summed E-state index contributed by atoms with van der Waals surface area (Å²) in [7, 11) is -3.78. The van der Waals surface area contributed by atoms with E-state index in [1.165, 1.54) is 18.5 Å². The highest BCUT2D eigenvalue weighted by Gasteiger charge is 2.49. The Morgan fingerprint density at radius 3 is 2.88 bits per heavy atom. The fourth-order valence-corrected chi connectivity index (χ4v) is 4.92. The van der Waals surface area contributed by atoms with Gasteiger partial charge < -0.3 is 14.2 Å². The number of sulfonamides is 1. The fraction of sp³-hybridized carbons (Fsp3) is 0.294. The molecule has 3 heterocycles. The van der Waals surface area contributed by atoms with Gasteiger partial charge in [-0.15, -0.1) is 4.72 Å². The highest BCUT2D eigenvalue weighted by molar-refractivity contribution is 7.96. The number of carbonyl (C=O) groups is 1. The molecule has 2 unspecified atom stereocenters. The van der Waals surface area contributed by atoms with E-state index in [9.17, 15) is 13.6 Å². The zero-order valence-electron chi connectivity index (χ0n) is 13.7. The zero-order valence-corrected chi connectivity index (χ0v) is 15.3. The van der Waals surface area contributed by atoms with Crippen LogP contribution in [0.2, 0.25) is 5.02 Å². The molecule has 1 fully saturated rings. The first kappa shape index (κ1) is 17.4. The van der Waals surface area contributed by atoms with E-state index in [0.29, 0.717) is 23.6 Å². The number of benzene rings is 1. The van der Waals surface area contributed by atoms with E-state index in [2.05, 4.69) is 9.71 Å². The van der Waals surface area contributed by atoms with Crippen LogP contribution >= 0.6 is 11.6 Å². The van der Waals surface area contributed by atoms with E-state index in [0.717, 1.165) is 0 Å². The van der Waals surface area contributed by atoms with Crippen molar-refractivity contribution in [1.82, 2.24) is 14.6 Å². The van der Waals surface area contributed by atoms with Gasteiger partial charge in [0.25, 0.3) is 5.91 Å². The summed E-state index contributed by atoms with van der Waals surface area (Å²) in [6.07, 6.45) is 3.21. The first-order valence-corrected chi connectivity index (χ1v) is 9.90. The quantitative estimate of drug-likeness (QED) is 0.747. The lowest BCUT2D eigenvalue weighted by molar-refractivity contribution is 0.0774. The van der Waals surface area contributed by atoms with Crippen LogP contribution in [0.5, 0.6) is 5.75 Å². The number of aromatic nitrogens is 1. The Kier molecular flexibility index (Phi) is 4.23. The molecular formula is C17H16ClN3O4S. The van der Waals surface area contributed by atoms with Gasteiger partial charge in [-0.05, 0) is 30.7 Å². The van der Waals surface area contributed by atoms with E-state index in [4.69, 9.17) is 16.3 Å². The van der Waals surface area contributed by atoms with Crippen molar-refractivity contribution in [1.29, 1.82) is 0 Å². The molecule has 1 aromatic carbocycles. The molecule has 1 spiro atoms. The molecule has 7 nitrogen and oxygen atoms in total. The van der Waals surface area contributed by atoms with Crippen LogP contribution in [0.4, 0.5) is 0 Å². The van der Waals surface area contributed by atoms with Gasteiger partial charge in [-0.2, -0.15) is 0 Å². The summed E-state index contributed by atoms with van der Waals surface area (Å²) in [4.78, 5) is 18.2.